The summed E-state index contributed by atoms with van der Waals surface area (Å²) in [6.45, 7) is 5.98. The molecule has 21 heavy (non-hydrogen) atoms. The predicted molar refractivity (Wildman–Crippen MR) is 79.2 cm³/mol. The minimum Gasteiger partial charge on any atom is -0.363 e. The third-order valence-corrected chi connectivity index (χ3v) is 4.18. The first-order chi connectivity index (χ1) is 10.1. The van der Waals surface area contributed by atoms with Gasteiger partial charge in [-0.2, -0.15) is 0 Å². The van der Waals surface area contributed by atoms with Crippen molar-refractivity contribution in [1.29, 1.82) is 0 Å². The lowest BCUT2D eigenvalue weighted by molar-refractivity contribution is -0.136. The summed E-state index contributed by atoms with van der Waals surface area (Å²) in [6, 6.07) is 3.89. The van der Waals surface area contributed by atoms with Crippen molar-refractivity contribution in [2.75, 3.05) is 31.1 Å². The first-order valence-corrected chi connectivity index (χ1v) is 7.56. The van der Waals surface area contributed by atoms with E-state index in [-0.39, 0.29) is 17.5 Å². The fourth-order valence-electron chi connectivity index (χ4n) is 2.84. The van der Waals surface area contributed by atoms with Crippen LogP contribution in [0.15, 0.2) is 18.2 Å². The molecule has 0 saturated carbocycles. The first-order valence-electron chi connectivity index (χ1n) is 7.56. The van der Waals surface area contributed by atoms with Gasteiger partial charge in [-0.1, -0.05) is 19.9 Å². The van der Waals surface area contributed by atoms with E-state index in [0.717, 1.165) is 12.8 Å². The van der Waals surface area contributed by atoms with E-state index in [1.807, 2.05) is 18.7 Å². The second-order valence-corrected chi connectivity index (χ2v) is 5.40. The summed E-state index contributed by atoms with van der Waals surface area (Å²) in [7, 11) is 0. The molecule has 1 aliphatic rings. The number of anilines is 1. The molecule has 2 rings (SSSR count). The zero-order chi connectivity index (χ0) is 15.4. The molecule has 0 unspecified atom stereocenters. The van der Waals surface area contributed by atoms with Crippen LogP contribution in [0.5, 0.6) is 0 Å². The zero-order valence-electron chi connectivity index (χ0n) is 12.6. The molecule has 0 bridgehead atoms. The molecule has 1 saturated heterocycles. The summed E-state index contributed by atoms with van der Waals surface area (Å²) >= 11 is 0. The molecule has 0 radical (unpaired) electrons. The molecule has 116 valence electrons. The topological polar surface area (TPSA) is 23.6 Å². The van der Waals surface area contributed by atoms with E-state index in [9.17, 15) is 13.6 Å². The average Bonchev–Trinajstić information content (AvgIpc) is 2.49. The van der Waals surface area contributed by atoms with Gasteiger partial charge < -0.3 is 9.80 Å². The van der Waals surface area contributed by atoms with Gasteiger partial charge in [-0.05, 0) is 25.0 Å². The third-order valence-electron chi connectivity index (χ3n) is 4.18. The van der Waals surface area contributed by atoms with E-state index in [0.29, 0.717) is 26.2 Å². The second-order valence-electron chi connectivity index (χ2n) is 5.40. The van der Waals surface area contributed by atoms with Gasteiger partial charge in [0.05, 0.1) is 0 Å². The van der Waals surface area contributed by atoms with Crippen molar-refractivity contribution < 1.29 is 13.6 Å². The van der Waals surface area contributed by atoms with E-state index < -0.39 is 11.6 Å². The van der Waals surface area contributed by atoms with Crippen LogP contribution in [0.1, 0.15) is 26.7 Å². The molecular weight excluding hydrogens is 274 g/mol. The summed E-state index contributed by atoms with van der Waals surface area (Å²) in [4.78, 5) is 15.8. The van der Waals surface area contributed by atoms with Gasteiger partial charge in [0.2, 0.25) is 5.91 Å². The Kier molecular flexibility index (Phi) is 5.15. The van der Waals surface area contributed by atoms with Crippen molar-refractivity contribution in [2.45, 2.75) is 26.7 Å². The van der Waals surface area contributed by atoms with Gasteiger partial charge in [0.15, 0.2) is 0 Å². The van der Waals surface area contributed by atoms with Crippen molar-refractivity contribution in [3.63, 3.8) is 0 Å². The van der Waals surface area contributed by atoms with Crippen LogP contribution in [-0.4, -0.2) is 37.0 Å². The maximum Gasteiger partial charge on any atom is 0.225 e. The minimum atomic E-state index is -0.547. The van der Waals surface area contributed by atoms with Crippen LogP contribution in [0.3, 0.4) is 0 Å². The Balaban J connectivity index is 2.02. The Hall–Kier alpha value is -1.65. The molecule has 1 heterocycles. The number of piperazine rings is 1. The average molecular weight is 296 g/mol. The van der Waals surface area contributed by atoms with Crippen LogP contribution in [0.4, 0.5) is 14.5 Å². The molecule has 1 fully saturated rings. The highest BCUT2D eigenvalue weighted by Gasteiger charge is 2.27. The van der Waals surface area contributed by atoms with Crippen LogP contribution in [0.25, 0.3) is 0 Å². The molecule has 1 aromatic carbocycles. The number of amides is 1. The zero-order valence-corrected chi connectivity index (χ0v) is 12.6. The lowest BCUT2D eigenvalue weighted by atomic mass is 10.0. The summed E-state index contributed by atoms with van der Waals surface area (Å²) in [5.41, 5.74) is 0.0205. The van der Waals surface area contributed by atoms with Gasteiger partial charge in [-0.25, -0.2) is 8.78 Å². The highest BCUT2D eigenvalue weighted by atomic mass is 19.1. The fraction of sp³-hybridized carbons (Fsp3) is 0.562. The number of hydrogen-bond acceptors (Lipinski definition) is 2. The van der Waals surface area contributed by atoms with Crippen molar-refractivity contribution in [2.24, 2.45) is 5.92 Å². The molecule has 0 aromatic heterocycles. The van der Waals surface area contributed by atoms with E-state index in [1.54, 1.807) is 4.90 Å². The Labute approximate surface area is 124 Å². The van der Waals surface area contributed by atoms with Crippen LogP contribution >= 0.6 is 0 Å². The maximum absolute atomic E-state index is 13.8. The third kappa shape index (κ3) is 3.34. The number of para-hydroxylation sites is 1. The van der Waals surface area contributed by atoms with Gasteiger partial charge in [0.25, 0.3) is 0 Å². The summed E-state index contributed by atoms with van der Waals surface area (Å²) in [5.74, 6) is -0.875. The largest absolute Gasteiger partial charge is 0.363 e. The first kappa shape index (κ1) is 15.7. The molecule has 3 nitrogen and oxygen atoms in total. The predicted octanol–water partition coefficient (Wildman–Crippen LogP) is 3.05. The second kappa shape index (κ2) is 6.87. The van der Waals surface area contributed by atoms with E-state index in [4.69, 9.17) is 0 Å². The monoisotopic (exact) mass is 296 g/mol. The van der Waals surface area contributed by atoms with Crippen LogP contribution in [-0.2, 0) is 4.79 Å². The minimum absolute atomic E-state index is 0.0205. The molecule has 0 N–H and O–H groups in total. The summed E-state index contributed by atoms with van der Waals surface area (Å²) in [5, 5.41) is 0. The van der Waals surface area contributed by atoms with Gasteiger partial charge >= 0.3 is 0 Å². The molecule has 1 aliphatic heterocycles. The van der Waals surface area contributed by atoms with Crippen molar-refractivity contribution in [3.05, 3.63) is 29.8 Å². The summed E-state index contributed by atoms with van der Waals surface area (Å²) < 4.78 is 27.5. The van der Waals surface area contributed by atoms with Crippen molar-refractivity contribution in [3.8, 4) is 0 Å². The Morgan fingerprint density at radius 2 is 1.62 bits per heavy atom. The van der Waals surface area contributed by atoms with Gasteiger partial charge in [-0.15, -0.1) is 0 Å². The number of rotatable bonds is 4. The van der Waals surface area contributed by atoms with Gasteiger partial charge in [0.1, 0.15) is 17.3 Å². The Bertz CT molecular complexity index is 475. The molecule has 5 heteroatoms. The Morgan fingerprint density at radius 3 is 2.10 bits per heavy atom. The normalized spacial score (nSPS) is 15.7. The van der Waals surface area contributed by atoms with Gasteiger partial charge in [-0.3, -0.25) is 4.79 Å². The number of nitrogens with zero attached hydrogens (tertiary/aromatic N) is 2. The summed E-state index contributed by atoms with van der Waals surface area (Å²) in [6.07, 6.45) is 1.66. The number of benzene rings is 1. The standard InChI is InChI=1S/C16H22F2N2O/c1-3-12(4-2)16(21)20-10-8-19(9-11-20)15-13(17)6-5-7-14(15)18/h5-7,12H,3-4,8-11H2,1-2H3. The number of carbonyl (C=O) groups excluding carboxylic acids is 1. The van der Waals surface area contributed by atoms with E-state index >= 15 is 0 Å². The maximum atomic E-state index is 13.8. The van der Waals surface area contributed by atoms with Crippen LogP contribution < -0.4 is 4.90 Å². The lowest BCUT2D eigenvalue weighted by Crippen LogP contribution is -2.50. The van der Waals surface area contributed by atoms with E-state index in [1.165, 1.54) is 18.2 Å². The molecular formula is C16H22F2N2O. The molecule has 1 aromatic rings. The highest BCUT2D eigenvalue weighted by Crippen LogP contribution is 2.25. The number of halogens is 2. The number of carbonyl (C=O) groups is 1. The molecule has 0 spiro atoms. The van der Waals surface area contributed by atoms with Crippen LogP contribution in [0, 0.1) is 17.6 Å². The SMILES string of the molecule is CCC(CC)C(=O)N1CCN(c2c(F)cccc2F)CC1. The lowest BCUT2D eigenvalue weighted by Gasteiger charge is -2.37. The smallest absolute Gasteiger partial charge is 0.225 e. The van der Waals surface area contributed by atoms with Crippen molar-refractivity contribution >= 4 is 11.6 Å². The fourth-order valence-corrected chi connectivity index (χ4v) is 2.84. The quantitative estimate of drug-likeness (QED) is 0.852. The molecule has 0 aliphatic carbocycles. The van der Waals surface area contributed by atoms with Crippen LogP contribution in [0.2, 0.25) is 0 Å². The Morgan fingerprint density at radius 1 is 1.10 bits per heavy atom. The highest BCUT2D eigenvalue weighted by molar-refractivity contribution is 5.79. The number of hydrogen-bond donors (Lipinski definition) is 0. The molecule has 1 amide bonds. The van der Waals surface area contributed by atoms with Crippen molar-refractivity contribution in [1.82, 2.24) is 4.90 Å². The van der Waals surface area contributed by atoms with E-state index in [2.05, 4.69) is 0 Å². The molecule has 0 atom stereocenters. The van der Waals surface area contributed by atoms with Gasteiger partial charge in [0, 0.05) is 32.1 Å².